The van der Waals surface area contributed by atoms with Gasteiger partial charge in [-0.1, -0.05) is 36.4 Å². The zero-order chi connectivity index (χ0) is 48.4. The Hall–Kier alpha value is -8.41. The van der Waals surface area contributed by atoms with Crippen molar-refractivity contribution in [2.24, 2.45) is 5.73 Å². The number of carboxylic acids is 1. The molecular weight excluding hydrogens is 857 g/mol. The lowest BCUT2D eigenvalue weighted by Gasteiger charge is -2.19. The summed E-state index contributed by atoms with van der Waals surface area (Å²) < 4.78 is 11.5. The summed E-state index contributed by atoms with van der Waals surface area (Å²) in [7, 11) is 0. The topological polar surface area (TPSA) is 292 Å². The van der Waals surface area contributed by atoms with Crippen LogP contribution in [0.1, 0.15) is 103 Å². The Morgan fingerprint density at radius 3 is 1.64 bits per heavy atom. The minimum Gasteiger partial charge on any atom is -0.504 e. The number of hydrogen-bond acceptors (Lipinski definition) is 13. The number of Topliss-reactive ketones (excluding diaryl/α,β-unsaturated/α-hetero) is 3. The van der Waals surface area contributed by atoms with E-state index in [9.17, 15) is 59.0 Å². The molecule has 1 atom stereocenters. The summed E-state index contributed by atoms with van der Waals surface area (Å²) in [5.41, 5.74) is 6.36. The van der Waals surface area contributed by atoms with E-state index in [-0.39, 0.29) is 69.8 Å². The molecule has 18 heteroatoms. The fourth-order valence-electron chi connectivity index (χ4n) is 6.64. The molecule has 3 amide bonds. The van der Waals surface area contributed by atoms with Gasteiger partial charge in [-0.05, 0) is 81.8 Å². The largest absolute Gasteiger partial charge is 0.504 e. The number of aromatic carboxylic acids is 1. The lowest BCUT2D eigenvalue weighted by Crippen LogP contribution is -2.44. The summed E-state index contributed by atoms with van der Waals surface area (Å²) in [6, 6.07) is 20.6. The van der Waals surface area contributed by atoms with E-state index in [0.29, 0.717) is 11.3 Å². The molecule has 0 saturated carbocycles. The van der Waals surface area contributed by atoms with Crippen LogP contribution in [0.3, 0.4) is 0 Å². The fraction of sp³-hybridized carbons (Fsp3) is 0.229. The molecule has 0 radical (unpaired) electrons. The predicted octanol–water partition coefficient (Wildman–Crippen LogP) is 6.17. The molecule has 0 fully saturated rings. The SMILES string of the molecule is CC(C)Oc1c(CC(=O)c2ccc(CC(=O)c3ccc(CC(=O)[C@H](CC(N)=O)NC(=O)c4ccc(NC(=O)c5ccc([N+](=O)[O-])cc5)cc4)cc3)c(OC(C)C)c2O)ccc(C(=O)O)c1O. The quantitative estimate of drug-likeness (QED) is 0.0273. The van der Waals surface area contributed by atoms with Gasteiger partial charge in [0.05, 0.1) is 35.2 Å². The average Bonchev–Trinajstić information content (AvgIpc) is 3.25. The summed E-state index contributed by atoms with van der Waals surface area (Å²) in [6.45, 7) is 6.71. The van der Waals surface area contributed by atoms with Crippen molar-refractivity contribution in [1.82, 2.24) is 5.32 Å². The molecular formula is C48H46N4O14. The maximum atomic E-state index is 13.6. The Bertz CT molecular complexity index is 2690. The number of primary amides is 1. The van der Waals surface area contributed by atoms with Crippen LogP contribution in [0.5, 0.6) is 23.0 Å². The standard InChI is InChI=1S/C48H46N4O14/c1-25(2)65-44-31(13-19-35(42(44)57)39(54)23-32-14-20-36(48(61)62)43(58)45(32)66-26(3)4)22-38(53)28-7-5-27(6-8-28)21-40(55)37(24-41(49)56)51-47(60)29-9-15-33(16-10-29)50-46(59)30-11-17-34(18-12-30)52(63)64/h5-20,25-26,37,57-58H,21-24H2,1-4H3,(H2,49,56)(H,50,59)(H,51,60)(H,61,62)/t37-/m0/s1. The third kappa shape index (κ3) is 12.4. The van der Waals surface area contributed by atoms with E-state index >= 15 is 0 Å². The third-order valence-electron chi connectivity index (χ3n) is 9.86. The molecule has 0 aromatic heterocycles. The van der Waals surface area contributed by atoms with E-state index in [1.165, 1.54) is 91.0 Å². The number of nitrogens with two attached hydrogens (primary N) is 1. The summed E-state index contributed by atoms with van der Waals surface area (Å²) in [5, 5.41) is 47.5. The van der Waals surface area contributed by atoms with E-state index in [4.69, 9.17) is 15.2 Å². The number of nitrogens with one attached hydrogen (secondary N) is 2. The number of ketones is 3. The third-order valence-corrected chi connectivity index (χ3v) is 9.86. The van der Waals surface area contributed by atoms with E-state index in [1.54, 1.807) is 27.7 Å². The van der Waals surface area contributed by atoms with Crippen LogP contribution in [0.15, 0.2) is 97.1 Å². The van der Waals surface area contributed by atoms with E-state index in [0.717, 1.165) is 6.07 Å². The second-order valence-corrected chi connectivity index (χ2v) is 15.6. The number of amides is 3. The first-order chi connectivity index (χ1) is 31.2. The van der Waals surface area contributed by atoms with Gasteiger partial charge in [-0.2, -0.15) is 0 Å². The highest BCUT2D eigenvalue weighted by atomic mass is 16.6. The number of ether oxygens (including phenoxy) is 2. The van der Waals surface area contributed by atoms with Crippen molar-refractivity contribution in [3.63, 3.8) is 0 Å². The first kappa shape index (κ1) is 48.6. The highest BCUT2D eigenvalue weighted by molar-refractivity contribution is 6.05. The molecule has 5 aromatic rings. The van der Waals surface area contributed by atoms with E-state index in [2.05, 4.69) is 10.6 Å². The Labute approximate surface area is 377 Å². The first-order valence-corrected chi connectivity index (χ1v) is 20.4. The number of phenolic OH excluding ortho intramolecular Hbond substituents is 1. The molecule has 5 aromatic carbocycles. The molecule has 0 aliphatic carbocycles. The number of non-ortho nitro benzene ring substituents is 1. The van der Waals surface area contributed by atoms with Gasteiger partial charge in [0, 0.05) is 64.9 Å². The number of benzene rings is 5. The van der Waals surface area contributed by atoms with Crippen LogP contribution < -0.4 is 25.8 Å². The highest BCUT2D eigenvalue weighted by Gasteiger charge is 2.27. The van der Waals surface area contributed by atoms with Crippen molar-refractivity contribution in [3.8, 4) is 23.0 Å². The van der Waals surface area contributed by atoms with Crippen LogP contribution in [-0.2, 0) is 28.9 Å². The number of carbonyl (C=O) groups excluding carboxylic acids is 6. The lowest BCUT2D eigenvalue weighted by atomic mass is 9.95. The number of nitro groups is 1. The lowest BCUT2D eigenvalue weighted by molar-refractivity contribution is -0.384. The van der Waals surface area contributed by atoms with Crippen molar-refractivity contribution in [3.05, 3.63) is 152 Å². The minimum atomic E-state index is -1.39. The minimum absolute atomic E-state index is 0.0981. The Morgan fingerprint density at radius 2 is 1.12 bits per heavy atom. The number of nitro benzene ring substituents is 1. The van der Waals surface area contributed by atoms with Gasteiger partial charge in [0.25, 0.3) is 17.5 Å². The van der Waals surface area contributed by atoms with Crippen molar-refractivity contribution in [2.45, 2.75) is 71.6 Å². The van der Waals surface area contributed by atoms with Crippen molar-refractivity contribution in [1.29, 1.82) is 0 Å². The summed E-state index contributed by atoms with van der Waals surface area (Å²) in [6.07, 6.45) is -2.37. The van der Waals surface area contributed by atoms with Gasteiger partial charge in [-0.25, -0.2) is 4.79 Å². The van der Waals surface area contributed by atoms with Crippen molar-refractivity contribution < 1.29 is 63.3 Å². The number of hydrogen-bond donors (Lipinski definition) is 6. The number of carbonyl (C=O) groups is 7. The Balaban J connectivity index is 1.24. The monoisotopic (exact) mass is 902 g/mol. The van der Waals surface area contributed by atoms with Crippen LogP contribution in [0.2, 0.25) is 0 Å². The maximum Gasteiger partial charge on any atom is 0.339 e. The second kappa shape index (κ2) is 21.3. The molecule has 5 rings (SSSR count). The molecule has 342 valence electrons. The van der Waals surface area contributed by atoms with Crippen molar-refractivity contribution >= 4 is 52.4 Å². The van der Waals surface area contributed by atoms with Crippen LogP contribution in [0, 0.1) is 10.1 Å². The van der Waals surface area contributed by atoms with Gasteiger partial charge in [0.2, 0.25) is 5.91 Å². The van der Waals surface area contributed by atoms with Crippen LogP contribution in [0.25, 0.3) is 0 Å². The molecule has 0 heterocycles. The van der Waals surface area contributed by atoms with E-state index in [1.807, 2.05) is 0 Å². The van der Waals surface area contributed by atoms with Crippen LogP contribution >= 0.6 is 0 Å². The molecule has 0 unspecified atom stereocenters. The summed E-state index contributed by atoms with van der Waals surface area (Å²) in [4.78, 5) is 100. The fourth-order valence-corrected chi connectivity index (χ4v) is 6.64. The van der Waals surface area contributed by atoms with Gasteiger partial charge in [0.15, 0.2) is 40.3 Å². The van der Waals surface area contributed by atoms with Gasteiger partial charge in [-0.3, -0.25) is 38.9 Å². The highest BCUT2D eigenvalue weighted by Crippen LogP contribution is 2.39. The first-order valence-electron chi connectivity index (χ1n) is 20.4. The normalized spacial score (nSPS) is 11.4. The second-order valence-electron chi connectivity index (χ2n) is 15.6. The van der Waals surface area contributed by atoms with Crippen LogP contribution in [0.4, 0.5) is 11.4 Å². The van der Waals surface area contributed by atoms with Crippen LogP contribution in [-0.4, -0.2) is 79.5 Å². The van der Waals surface area contributed by atoms with Gasteiger partial charge in [-0.15, -0.1) is 0 Å². The number of aromatic hydroxyl groups is 2. The summed E-state index contributed by atoms with van der Waals surface area (Å²) in [5.74, 6) is -6.50. The zero-order valence-corrected chi connectivity index (χ0v) is 36.2. The molecule has 0 bridgehead atoms. The zero-order valence-electron chi connectivity index (χ0n) is 36.2. The Morgan fingerprint density at radius 1 is 0.636 bits per heavy atom. The van der Waals surface area contributed by atoms with Crippen molar-refractivity contribution in [2.75, 3.05) is 5.32 Å². The molecule has 0 saturated heterocycles. The summed E-state index contributed by atoms with van der Waals surface area (Å²) >= 11 is 0. The molecule has 0 spiro atoms. The smallest absolute Gasteiger partial charge is 0.339 e. The number of nitrogens with zero attached hydrogens (tertiary/aromatic N) is 1. The predicted molar refractivity (Wildman–Crippen MR) is 238 cm³/mol. The molecule has 0 aliphatic rings. The number of carboxylic acid groups (broad SMARTS) is 1. The Kier molecular flexibility index (Phi) is 15.7. The van der Waals surface area contributed by atoms with Gasteiger partial charge >= 0.3 is 5.97 Å². The van der Waals surface area contributed by atoms with Gasteiger partial charge in [0.1, 0.15) is 5.56 Å². The molecule has 7 N–H and O–H groups in total. The molecule has 66 heavy (non-hydrogen) atoms. The number of anilines is 1. The van der Waals surface area contributed by atoms with Gasteiger partial charge < -0.3 is 41.2 Å². The maximum absolute atomic E-state index is 13.6. The number of phenols is 2. The molecule has 0 aliphatic heterocycles. The van der Waals surface area contributed by atoms with E-state index < -0.39 is 87.7 Å². The molecule has 18 nitrogen and oxygen atoms in total. The average molecular weight is 903 g/mol. The number of rotatable bonds is 21.